The van der Waals surface area contributed by atoms with Gasteiger partial charge in [0.1, 0.15) is 12.4 Å². The van der Waals surface area contributed by atoms with E-state index in [1.807, 2.05) is 30.3 Å². The SMILES string of the molecule is CCCCCCC(O)COc1c2ccccc2cc2ccc(Cl)cc12. The first-order valence-corrected chi connectivity index (χ1v) is 9.48. The summed E-state index contributed by atoms with van der Waals surface area (Å²) in [6.45, 7) is 2.50. The highest BCUT2D eigenvalue weighted by molar-refractivity contribution is 6.31. The van der Waals surface area contributed by atoms with Crippen LogP contribution in [0.4, 0.5) is 0 Å². The van der Waals surface area contributed by atoms with E-state index < -0.39 is 6.10 Å². The van der Waals surface area contributed by atoms with Gasteiger partial charge in [-0.25, -0.2) is 0 Å². The van der Waals surface area contributed by atoms with E-state index in [2.05, 4.69) is 25.1 Å². The van der Waals surface area contributed by atoms with Crippen molar-refractivity contribution in [3.8, 4) is 5.75 Å². The molecule has 2 nitrogen and oxygen atoms in total. The zero-order valence-electron chi connectivity index (χ0n) is 14.7. The highest BCUT2D eigenvalue weighted by Crippen LogP contribution is 2.36. The number of hydrogen-bond acceptors (Lipinski definition) is 2. The molecular formula is C22H25ClO2. The molecule has 0 saturated carbocycles. The molecule has 0 aromatic heterocycles. The molecule has 3 rings (SSSR count). The highest BCUT2D eigenvalue weighted by atomic mass is 35.5. The number of hydrogen-bond donors (Lipinski definition) is 1. The minimum Gasteiger partial charge on any atom is -0.490 e. The molecule has 0 heterocycles. The van der Waals surface area contributed by atoms with Crippen LogP contribution in [-0.2, 0) is 0 Å². The molecule has 0 fully saturated rings. The summed E-state index contributed by atoms with van der Waals surface area (Å²) in [5, 5.41) is 15.2. The van der Waals surface area contributed by atoms with Crippen LogP contribution in [0.3, 0.4) is 0 Å². The molecule has 3 aromatic rings. The third kappa shape index (κ3) is 4.45. The van der Waals surface area contributed by atoms with Crippen molar-refractivity contribution in [2.75, 3.05) is 6.61 Å². The van der Waals surface area contributed by atoms with Crippen molar-refractivity contribution in [3.63, 3.8) is 0 Å². The Morgan fingerprint density at radius 1 is 0.960 bits per heavy atom. The highest BCUT2D eigenvalue weighted by Gasteiger charge is 2.12. The first-order chi connectivity index (χ1) is 12.2. The topological polar surface area (TPSA) is 29.5 Å². The average molecular weight is 357 g/mol. The van der Waals surface area contributed by atoms with E-state index in [1.165, 1.54) is 19.3 Å². The molecule has 0 spiro atoms. The predicted molar refractivity (Wildman–Crippen MR) is 107 cm³/mol. The average Bonchev–Trinajstić information content (AvgIpc) is 2.62. The van der Waals surface area contributed by atoms with Gasteiger partial charge in [0.15, 0.2) is 0 Å². The first kappa shape index (κ1) is 18.0. The number of ether oxygens (including phenoxy) is 1. The Bertz CT molecular complexity index is 844. The fourth-order valence-electron chi connectivity index (χ4n) is 3.22. The van der Waals surface area contributed by atoms with Gasteiger partial charge in [0.05, 0.1) is 6.10 Å². The standard InChI is InChI=1S/C22H25ClO2/c1-2-3-4-5-9-19(24)15-25-22-20-10-7-6-8-16(20)13-17-11-12-18(23)14-21(17)22/h6-8,10-14,19,24H,2-5,9,15H2,1H3. The maximum absolute atomic E-state index is 10.3. The zero-order valence-corrected chi connectivity index (χ0v) is 15.4. The molecule has 1 atom stereocenters. The van der Waals surface area contributed by atoms with Gasteiger partial charge in [-0.1, -0.05) is 74.5 Å². The Morgan fingerprint density at radius 3 is 2.60 bits per heavy atom. The summed E-state index contributed by atoms with van der Waals surface area (Å²) < 4.78 is 6.10. The van der Waals surface area contributed by atoms with E-state index in [0.29, 0.717) is 11.6 Å². The van der Waals surface area contributed by atoms with Gasteiger partial charge < -0.3 is 9.84 Å². The smallest absolute Gasteiger partial charge is 0.135 e. The Hall–Kier alpha value is -1.77. The molecule has 0 saturated heterocycles. The maximum Gasteiger partial charge on any atom is 0.135 e. The quantitative estimate of drug-likeness (QED) is 0.376. The van der Waals surface area contributed by atoms with Crippen molar-refractivity contribution in [1.82, 2.24) is 0 Å². The van der Waals surface area contributed by atoms with Crippen LogP contribution in [0.2, 0.25) is 5.02 Å². The molecule has 0 bridgehead atoms. The van der Waals surface area contributed by atoms with Crippen molar-refractivity contribution < 1.29 is 9.84 Å². The molecule has 25 heavy (non-hydrogen) atoms. The van der Waals surface area contributed by atoms with Gasteiger partial charge >= 0.3 is 0 Å². The first-order valence-electron chi connectivity index (χ1n) is 9.11. The van der Waals surface area contributed by atoms with Gasteiger partial charge in [-0.15, -0.1) is 0 Å². The Kier molecular flexibility index (Phi) is 6.17. The van der Waals surface area contributed by atoms with Crippen LogP contribution in [0.5, 0.6) is 5.75 Å². The summed E-state index contributed by atoms with van der Waals surface area (Å²) in [7, 11) is 0. The summed E-state index contributed by atoms with van der Waals surface area (Å²) in [6, 6.07) is 16.2. The third-order valence-electron chi connectivity index (χ3n) is 4.59. The number of aliphatic hydroxyl groups excluding tert-OH is 1. The molecule has 0 amide bonds. The van der Waals surface area contributed by atoms with E-state index in [0.717, 1.165) is 40.1 Å². The van der Waals surface area contributed by atoms with Crippen molar-refractivity contribution >= 4 is 33.1 Å². The lowest BCUT2D eigenvalue weighted by atomic mass is 10.0. The second kappa shape index (κ2) is 8.55. The molecular weight excluding hydrogens is 332 g/mol. The molecule has 132 valence electrons. The number of benzene rings is 3. The largest absolute Gasteiger partial charge is 0.490 e. The fourth-order valence-corrected chi connectivity index (χ4v) is 3.39. The Morgan fingerprint density at radius 2 is 1.76 bits per heavy atom. The van der Waals surface area contributed by atoms with E-state index in [-0.39, 0.29) is 0 Å². The van der Waals surface area contributed by atoms with Crippen molar-refractivity contribution in [3.05, 3.63) is 53.6 Å². The second-order valence-corrected chi connectivity index (χ2v) is 7.04. The number of aliphatic hydroxyl groups is 1. The molecule has 3 heteroatoms. The van der Waals surface area contributed by atoms with E-state index >= 15 is 0 Å². The van der Waals surface area contributed by atoms with Crippen LogP contribution >= 0.6 is 11.6 Å². The van der Waals surface area contributed by atoms with Crippen LogP contribution in [0.1, 0.15) is 39.0 Å². The number of unbranched alkanes of at least 4 members (excludes halogenated alkanes) is 3. The molecule has 0 aliphatic rings. The number of fused-ring (bicyclic) bond motifs is 2. The van der Waals surface area contributed by atoms with Gasteiger partial charge in [-0.3, -0.25) is 0 Å². The molecule has 0 aliphatic carbocycles. The summed E-state index contributed by atoms with van der Waals surface area (Å²) >= 11 is 6.20. The van der Waals surface area contributed by atoms with Crippen LogP contribution in [-0.4, -0.2) is 17.8 Å². The van der Waals surface area contributed by atoms with Gasteiger partial charge in [-0.2, -0.15) is 0 Å². The van der Waals surface area contributed by atoms with Crippen LogP contribution in [0.25, 0.3) is 21.5 Å². The molecule has 0 radical (unpaired) electrons. The number of rotatable bonds is 8. The molecule has 0 aliphatic heterocycles. The molecule has 1 N–H and O–H groups in total. The summed E-state index contributed by atoms with van der Waals surface area (Å²) in [6.07, 6.45) is 4.98. The summed E-state index contributed by atoms with van der Waals surface area (Å²) in [5.74, 6) is 0.809. The normalized spacial score (nSPS) is 12.6. The van der Waals surface area contributed by atoms with E-state index in [1.54, 1.807) is 0 Å². The Labute approximate surface area is 154 Å². The van der Waals surface area contributed by atoms with Crippen LogP contribution in [0, 0.1) is 0 Å². The lowest BCUT2D eigenvalue weighted by Gasteiger charge is -2.16. The van der Waals surface area contributed by atoms with Crippen molar-refractivity contribution in [1.29, 1.82) is 0 Å². The van der Waals surface area contributed by atoms with Crippen LogP contribution in [0.15, 0.2) is 48.5 Å². The van der Waals surface area contributed by atoms with E-state index in [9.17, 15) is 5.11 Å². The van der Waals surface area contributed by atoms with Crippen molar-refractivity contribution in [2.45, 2.75) is 45.1 Å². The predicted octanol–water partition coefficient (Wildman–Crippen LogP) is 6.36. The summed E-state index contributed by atoms with van der Waals surface area (Å²) in [5.41, 5.74) is 0. The molecule has 3 aromatic carbocycles. The summed E-state index contributed by atoms with van der Waals surface area (Å²) in [4.78, 5) is 0. The van der Waals surface area contributed by atoms with Crippen molar-refractivity contribution in [2.24, 2.45) is 0 Å². The molecule has 1 unspecified atom stereocenters. The van der Waals surface area contributed by atoms with Crippen LogP contribution < -0.4 is 4.74 Å². The van der Waals surface area contributed by atoms with E-state index in [4.69, 9.17) is 16.3 Å². The number of halogens is 1. The minimum absolute atomic E-state index is 0.307. The second-order valence-electron chi connectivity index (χ2n) is 6.61. The van der Waals surface area contributed by atoms with Gasteiger partial charge in [0.2, 0.25) is 0 Å². The van der Waals surface area contributed by atoms with Gasteiger partial charge in [-0.05, 0) is 35.4 Å². The lowest BCUT2D eigenvalue weighted by Crippen LogP contribution is -2.17. The fraction of sp³-hybridized carbons (Fsp3) is 0.364. The zero-order chi connectivity index (χ0) is 17.6. The lowest BCUT2D eigenvalue weighted by molar-refractivity contribution is 0.0990. The third-order valence-corrected chi connectivity index (χ3v) is 4.82. The van der Waals surface area contributed by atoms with Gasteiger partial charge in [0, 0.05) is 15.8 Å². The monoisotopic (exact) mass is 356 g/mol. The maximum atomic E-state index is 10.3. The Balaban J connectivity index is 1.84. The minimum atomic E-state index is -0.440. The van der Waals surface area contributed by atoms with Gasteiger partial charge in [0.25, 0.3) is 0 Å².